The molecule has 3 aliphatic rings. The van der Waals surface area contributed by atoms with Crippen molar-refractivity contribution in [3.8, 4) is 11.6 Å². The minimum atomic E-state index is -0.670. The number of hydrogen-bond acceptors (Lipinski definition) is 5. The number of pyridine rings is 1. The first-order valence-corrected chi connectivity index (χ1v) is 10.4. The minimum Gasteiger partial charge on any atom is -0.479 e. The number of benzene rings is 1. The zero-order chi connectivity index (χ0) is 20.8. The summed E-state index contributed by atoms with van der Waals surface area (Å²) in [6, 6.07) is 4.85. The van der Waals surface area contributed by atoms with Crippen LogP contribution in [-0.4, -0.2) is 35.9 Å². The van der Waals surface area contributed by atoms with Gasteiger partial charge in [-0.05, 0) is 55.4 Å². The number of halogens is 1. The molecule has 7 heteroatoms. The molecule has 156 valence electrons. The third-order valence-corrected chi connectivity index (χ3v) is 6.09. The SMILES string of the molecule is Cc1c(N2CCC(Oc3ccc(OCC4CC4)nc3)C2=O)cc(F)c2c1C(=O)CC2. The third-order valence-electron chi connectivity index (χ3n) is 6.09. The molecule has 1 aromatic carbocycles. The average molecular weight is 410 g/mol. The predicted molar refractivity (Wildman–Crippen MR) is 108 cm³/mol. The van der Waals surface area contributed by atoms with Gasteiger partial charge >= 0.3 is 0 Å². The van der Waals surface area contributed by atoms with E-state index in [9.17, 15) is 14.0 Å². The number of Topliss-reactive ketones (excluding diaryl/α,β-unsaturated/α-hetero) is 1. The quantitative estimate of drug-likeness (QED) is 0.727. The van der Waals surface area contributed by atoms with Crippen LogP contribution in [0.15, 0.2) is 24.4 Å². The largest absolute Gasteiger partial charge is 0.479 e. The Bertz CT molecular complexity index is 1020. The van der Waals surface area contributed by atoms with Gasteiger partial charge in [-0.15, -0.1) is 0 Å². The number of nitrogens with zero attached hydrogens (tertiary/aromatic N) is 2. The van der Waals surface area contributed by atoms with Gasteiger partial charge in [-0.25, -0.2) is 9.37 Å². The van der Waals surface area contributed by atoms with Gasteiger partial charge in [0.2, 0.25) is 5.88 Å². The molecule has 2 fully saturated rings. The van der Waals surface area contributed by atoms with Crippen molar-refractivity contribution in [3.05, 3.63) is 46.9 Å². The van der Waals surface area contributed by atoms with Crippen molar-refractivity contribution in [3.63, 3.8) is 0 Å². The summed E-state index contributed by atoms with van der Waals surface area (Å²) >= 11 is 0. The minimum absolute atomic E-state index is 0.0576. The number of ether oxygens (including phenoxy) is 2. The summed E-state index contributed by atoms with van der Waals surface area (Å²) in [5, 5.41) is 0. The van der Waals surface area contributed by atoms with Gasteiger partial charge in [0.15, 0.2) is 11.9 Å². The Morgan fingerprint density at radius 1 is 1.20 bits per heavy atom. The lowest BCUT2D eigenvalue weighted by atomic mass is 10.0. The van der Waals surface area contributed by atoms with E-state index in [2.05, 4.69) is 4.98 Å². The highest BCUT2D eigenvalue weighted by Crippen LogP contribution is 2.36. The summed E-state index contributed by atoms with van der Waals surface area (Å²) in [7, 11) is 0. The summed E-state index contributed by atoms with van der Waals surface area (Å²) in [5.41, 5.74) is 2.03. The molecule has 1 unspecified atom stereocenters. The fourth-order valence-electron chi connectivity index (χ4n) is 4.23. The maximum absolute atomic E-state index is 14.5. The Hall–Kier alpha value is -2.96. The molecule has 2 aliphatic carbocycles. The van der Waals surface area contributed by atoms with Gasteiger partial charge < -0.3 is 14.4 Å². The summed E-state index contributed by atoms with van der Waals surface area (Å²) < 4.78 is 26.0. The number of ketones is 1. The molecule has 2 aromatic rings. The first-order valence-electron chi connectivity index (χ1n) is 10.4. The van der Waals surface area contributed by atoms with Gasteiger partial charge in [-0.1, -0.05) is 0 Å². The lowest BCUT2D eigenvalue weighted by molar-refractivity contribution is -0.122. The van der Waals surface area contributed by atoms with Crippen LogP contribution in [0.3, 0.4) is 0 Å². The monoisotopic (exact) mass is 410 g/mol. The molecule has 1 amide bonds. The van der Waals surface area contributed by atoms with Gasteiger partial charge in [0.05, 0.1) is 18.5 Å². The number of aromatic nitrogens is 1. The molecule has 1 atom stereocenters. The van der Waals surface area contributed by atoms with Gasteiger partial charge in [-0.3, -0.25) is 9.59 Å². The molecule has 1 aliphatic heterocycles. The second-order valence-electron chi connectivity index (χ2n) is 8.25. The molecule has 5 rings (SSSR count). The number of fused-ring (bicyclic) bond motifs is 1. The summed E-state index contributed by atoms with van der Waals surface area (Å²) in [6.45, 7) is 2.87. The topological polar surface area (TPSA) is 68.7 Å². The maximum Gasteiger partial charge on any atom is 0.268 e. The highest BCUT2D eigenvalue weighted by atomic mass is 19.1. The second-order valence-corrected chi connectivity index (χ2v) is 8.25. The molecule has 0 N–H and O–H groups in total. The summed E-state index contributed by atoms with van der Waals surface area (Å²) in [4.78, 5) is 30.9. The Labute approximate surface area is 174 Å². The van der Waals surface area contributed by atoms with E-state index in [1.165, 1.54) is 23.8 Å². The Morgan fingerprint density at radius 3 is 2.77 bits per heavy atom. The number of hydrogen-bond donors (Lipinski definition) is 0. The van der Waals surface area contributed by atoms with E-state index >= 15 is 0 Å². The van der Waals surface area contributed by atoms with E-state index in [1.807, 2.05) is 0 Å². The molecular formula is C23H23FN2O4. The lowest BCUT2D eigenvalue weighted by Gasteiger charge is -2.21. The van der Waals surface area contributed by atoms with Crippen molar-refractivity contribution in [2.45, 2.75) is 45.1 Å². The second kappa shape index (κ2) is 7.38. The van der Waals surface area contributed by atoms with Crippen LogP contribution < -0.4 is 14.4 Å². The number of rotatable bonds is 6. The van der Waals surface area contributed by atoms with Crippen LogP contribution in [0.1, 0.15) is 47.2 Å². The van der Waals surface area contributed by atoms with E-state index in [-0.39, 0.29) is 11.7 Å². The smallest absolute Gasteiger partial charge is 0.268 e. The molecule has 1 saturated heterocycles. The highest BCUT2D eigenvalue weighted by Gasteiger charge is 2.37. The predicted octanol–water partition coefficient (Wildman–Crippen LogP) is 3.63. The summed E-state index contributed by atoms with van der Waals surface area (Å²) in [5.74, 6) is 0.963. The maximum atomic E-state index is 14.5. The molecule has 0 radical (unpaired) electrons. The van der Waals surface area contributed by atoms with E-state index in [1.54, 1.807) is 25.3 Å². The first-order chi connectivity index (χ1) is 14.5. The molecule has 0 bridgehead atoms. The number of carbonyl (C=O) groups is 2. The van der Waals surface area contributed by atoms with Crippen molar-refractivity contribution in [2.24, 2.45) is 5.92 Å². The van der Waals surface area contributed by atoms with Crippen LogP contribution in [0, 0.1) is 18.7 Å². The molecule has 30 heavy (non-hydrogen) atoms. The highest BCUT2D eigenvalue weighted by molar-refractivity contribution is 6.05. The van der Waals surface area contributed by atoms with Gasteiger partial charge in [0.25, 0.3) is 5.91 Å². The van der Waals surface area contributed by atoms with Gasteiger partial charge in [-0.2, -0.15) is 0 Å². The normalized spacial score (nSPS) is 20.6. The van der Waals surface area contributed by atoms with Crippen molar-refractivity contribution in [1.29, 1.82) is 0 Å². The number of anilines is 1. The molecule has 1 aromatic heterocycles. The van der Waals surface area contributed by atoms with Crippen molar-refractivity contribution in [1.82, 2.24) is 4.98 Å². The van der Waals surface area contributed by atoms with Crippen LogP contribution in [0.2, 0.25) is 0 Å². The standard InChI is InChI=1S/C23H23FN2O4/c1-13-18(10-17(24)16-5-6-19(27)22(13)16)26-9-8-20(23(26)28)30-15-4-7-21(25-11-15)29-12-14-2-3-14/h4,7,10-11,14,20H,2-3,5-6,8-9,12H2,1H3. The molecule has 2 heterocycles. The zero-order valence-electron chi connectivity index (χ0n) is 16.8. The van der Waals surface area contributed by atoms with E-state index < -0.39 is 11.9 Å². The lowest BCUT2D eigenvalue weighted by Crippen LogP contribution is -2.33. The van der Waals surface area contributed by atoms with Crippen LogP contribution in [0.4, 0.5) is 10.1 Å². The average Bonchev–Trinajstić information content (AvgIpc) is 3.39. The van der Waals surface area contributed by atoms with Crippen LogP contribution in [0.25, 0.3) is 0 Å². The van der Waals surface area contributed by atoms with E-state index in [4.69, 9.17) is 9.47 Å². The Kier molecular flexibility index (Phi) is 4.68. The van der Waals surface area contributed by atoms with Crippen molar-refractivity contribution >= 4 is 17.4 Å². The fourth-order valence-corrected chi connectivity index (χ4v) is 4.23. The van der Waals surface area contributed by atoms with E-state index in [0.717, 1.165) is 0 Å². The Morgan fingerprint density at radius 2 is 2.03 bits per heavy atom. The molecule has 1 saturated carbocycles. The zero-order valence-corrected chi connectivity index (χ0v) is 16.8. The van der Waals surface area contributed by atoms with Crippen LogP contribution in [0.5, 0.6) is 11.6 Å². The number of amides is 1. The molecule has 6 nitrogen and oxygen atoms in total. The van der Waals surface area contributed by atoms with Crippen LogP contribution >= 0.6 is 0 Å². The van der Waals surface area contributed by atoms with Gasteiger partial charge in [0, 0.05) is 31.0 Å². The van der Waals surface area contributed by atoms with Crippen molar-refractivity contribution in [2.75, 3.05) is 18.1 Å². The van der Waals surface area contributed by atoms with Crippen LogP contribution in [-0.2, 0) is 11.2 Å². The molecule has 0 spiro atoms. The fraction of sp³-hybridized carbons (Fsp3) is 0.435. The van der Waals surface area contributed by atoms with Crippen molar-refractivity contribution < 1.29 is 23.5 Å². The van der Waals surface area contributed by atoms with E-state index in [0.29, 0.717) is 72.3 Å². The van der Waals surface area contributed by atoms with Gasteiger partial charge in [0.1, 0.15) is 11.6 Å². The third kappa shape index (κ3) is 3.42. The summed E-state index contributed by atoms with van der Waals surface area (Å²) in [6.07, 6.45) is 4.53. The Balaban J connectivity index is 1.29. The number of carbonyl (C=O) groups excluding carboxylic acids is 2. The molecular weight excluding hydrogens is 387 g/mol. The first kappa shape index (κ1) is 19.0.